The molecule has 0 aliphatic rings. The summed E-state index contributed by atoms with van der Waals surface area (Å²) in [5.74, 6) is 0.655. The quantitative estimate of drug-likeness (QED) is 0.614. The van der Waals surface area contributed by atoms with Gasteiger partial charge in [-0.25, -0.2) is 0 Å². The van der Waals surface area contributed by atoms with Crippen molar-refractivity contribution in [1.29, 1.82) is 0 Å². The van der Waals surface area contributed by atoms with Crippen LogP contribution in [0.3, 0.4) is 0 Å². The summed E-state index contributed by atoms with van der Waals surface area (Å²) in [7, 11) is 1.66. The highest BCUT2D eigenvalue weighted by Crippen LogP contribution is 2.09. The smallest absolute Gasteiger partial charge is 0.220 e. The number of nitrogens with one attached hydrogen (secondary N) is 1. The predicted molar refractivity (Wildman–Crippen MR) is 70.8 cm³/mol. The van der Waals surface area contributed by atoms with Crippen LogP contribution in [0.4, 0.5) is 0 Å². The fraction of sp³-hybridized carbons (Fsp3) is 0.923. The molecule has 0 aliphatic carbocycles. The van der Waals surface area contributed by atoms with E-state index in [1.807, 2.05) is 0 Å². The minimum absolute atomic E-state index is 0.129. The Morgan fingerprint density at radius 1 is 1.35 bits per heavy atom. The van der Waals surface area contributed by atoms with E-state index in [9.17, 15) is 4.79 Å². The van der Waals surface area contributed by atoms with Crippen LogP contribution in [-0.2, 0) is 9.53 Å². The Morgan fingerprint density at radius 3 is 2.59 bits per heavy atom. The molecule has 1 amide bonds. The van der Waals surface area contributed by atoms with Crippen LogP contribution in [0.25, 0.3) is 0 Å². The molecule has 0 spiro atoms. The van der Waals surface area contributed by atoms with E-state index in [0.29, 0.717) is 25.5 Å². The minimum atomic E-state index is 0.129. The first-order valence-electron chi connectivity index (χ1n) is 6.62. The molecule has 2 unspecified atom stereocenters. The first-order chi connectivity index (χ1) is 8.13. The highest BCUT2D eigenvalue weighted by Gasteiger charge is 2.12. The standard InChI is InChI=1S/C13H28N2O2/c1-4-5-12(10-17-3)15-13(16)7-6-11(2)8-9-14/h11-12H,4-10,14H2,1-3H3,(H,15,16). The Kier molecular flexibility index (Phi) is 10.2. The van der Waals surface area contributed by atoms with Crippen molar-refractivity contribution in [2.24, 2.45) is 11.7 Å². The first kappa shape index (κ1) is 16.4. The Hall–Kier alpha value is -0.610. The zero-order valence-corrected chi connectivity index (χ0v) is 11.5. The zero-order chi connectivity index (χ0) is 13.1. The summed E-state index contributed by atoms with van der Waals surface area (Å²) < 4.78 is 5.09. The Balaban J connectivity index is 3.80. The normalized spacial score (nSPS) is 14.4. The van der Waals surface area contributed by atoms with Gasteiger partial charge in [-0.05, 0) is 31.7 Å². The van der Waals surface area contributed by atoms with Crippen LogP contribution in [0, 0.1) is 5.92 Å². The van der Waals surface area contributed by atoms with Crippen LogP contribution in [0.15, 0.2) is 0 Å². The lowest BCUT2D eigenvalue weighted by atomic mass is 10.0. The van der Waals surface area contributed by atoms with Crippen molar-refractivity contribution in [1.82, 2.24) is 5.32 Å². The third kappa shape index (κ3) is 9.12. The van der Waals surface area contributed by atoms with Gasteiger partial charge in [-0.1, -0.05) is 20.3 Å². The molecular weight excluding hydrogens is 216 g/mol. The van der Waals surface area contributed by atoms with Crippen LogP contribution in [0.2, 0.25) is 0 Å². The number of carbonyl (C=O) groups is 1. The van der Waals surface area contributed by atoms with Crippen LogP contribution < -0.4 is 11.1 Å². The van der Waals surface area contributed by atoms with E-state index in [1.165, 1.54) is 0 Å². The van der Waals surface area contributed by atoms with Gasteiger partial charge < -0.3 is 15.8 Å². The molecule has 4 nitrogen and oxygen atoms in total. The van der Waals surface area contributed by atoms with Gasteiger partial charge in [0.15, 0.2) is 0 Å². The fourth-order valence-electron chi connectivity index (χ4n) is 1.85. The molecule has 0 aromatic carbocycles. The Labute approximate surface area is 105 Å². The van der Waals surface area contributed by atoms with E-state index >= 15 is 0 Å². The van der Waals surface area contributed by atoms with Crippen LogP contribution >= 0.6 is 0 Å². The van der Waals surface area contributed by atoms with E-state index in [0.717, 1.165) is 25.7 Å². The first-order valence-corrected chi connectivity index (χ1v) is 6.62. The lowest BCUT2D eigenvalue weighted by Gasteiger charge is -2.17. The highest BCUT2D eigenvalue weighted by atomic mass is 16.5. The van der Waals surface area contributed by atoms with Gasteiger partial charge in [0, 0.05) is 13.5 Å². The summed E-state index contributed by atoms with van der Waals surface area (Å²) >= 11 is 0. The van der Waals surface area contributed by atoms with E-state index < -0.39 is 0 Å². The average Bonchev–Trinajstić information content (AvgIpc) is 2.27. The van der Waals surface area contributed by atoms with E-state index in [2.05, 4.69) is 19.2 Å². The number of hydrogen-bond donors (Lipinski definition) is 2. The van der Waals surface area contributed by atoms with Crippen molar-refractivity contribution in [2.75, 3.05) is 20.3 Å². The third-order valence-electron chi connectivity index (χ3n) is 2.89. The predicted octanol–water partition coefficient (Wildman–Crippen LogP) is 1.68. The van der Waals surface area contributed by atoms with Gasteiger partial charge >= 0.3 is 0 Å². The molecule has 0 rings (SSSR count). The molecule has 0 aromatic heterocycles. The summed E-state index contributed by atoms with van der Waals surface area (Å²) in [6, 6.07) is 0.155. The van der Waals surface area contributed by atoms with E-state index in [-0.39, 0.29) is 11.9 Å². The van der Waals surface area contributed by atoms with Gasteiger partial charge in [0.1, 0.15) is 0 Å². The van der Waals surface area contributed by atoms with Gasteiger partial charge in [-0.3, -0.25) is 4.79 Å². The van der Waals surface area contributed by atoms with Crippen LogP contribution in [0.1, 0.15) is 46.0 Å². The maximum Gasteiger partial charge on any atom is 0.220 e. The molecule has 17 heavy (non-hydrogen) atoms. The SMILES string of the molecule is CCCC(COC)NC(=O)CCC(C)CCN. The van der Waals surface area contributed by atoms with Gasteiger partial charge in [0.25, 0.3) is 0 Å². The molecule has 0 bridgehead atoms. The minimum Gasteiger partial charge on any atom is -0.383 e. The fourth-order valence-corrected chi connectivity index (χ4v) is 1.85. The number of rotatable bonds is 10. The summed E-state index contributed by atoms with van der Waals surface area (Å²) in [5, 5.41) is 3.02. The average molecular weight is 244 g/mol. The largest absolute Gasteiger partial charge is 0.383 e. The molecule has 0 saturated carbocycles. The zero-order valence-electron chi connectivity index (χ0n) is 11.5. The Bertz CT molecular complexity index is 192. The van der Waals surface area contributed by atoms with E-state index in [1.54, 1.807) is 7.11 Å². The lowest BCUT2D eigenvalue weighted by molar-refractivity contribution is -0.122. The molecule has 0 saturated heterocycles. The lowest BCUT2D eigenvalue weighted by Crippen LogP contribution is -2.38. The van der Waals surface area contributed by atoms with Crippen molar-refractivity contribution < 1.29 is 9.53 Å². The maximum absolute atomic E-state index is 11.7. The summed E-state index contributed by atoms with van der Waals surface area (Å²) in [6.07, 6.45) is 4.51. The van der Waals surface area contributed by atoms with Gasteiger partial charge in [-0.15, -0.1) is 0 Å². The van der Waals surface area contributed by atoms with Gasteiger partial charge in [-0.2, -0.15) is 0 Å². The number of nitrogens with two attached hydrogens (primary N) is 1. The van der Waals surface area contributed by atoms with Crippen LogP contribution in [-0.4, -0.2) is 32.2 Å². The molecule has 2 atom stereocenters. The molecule has 0 heterocycles. The highest BCUT2D eigenvalue weighted by molar-refractivity contribution is 5.76. The van der Waals surface area contributed by atoms with Crippen molar-refractivity contribution in [3.05, 3.63) is 0 Å². The number of hydrogen-bond acceptors (Lipinski definition) is 3. The second-order valence-electron chi connectivity index (χ2n) is 4.73. The molecule has 4 heteroatoms. The second kappa shape index (κ2) is 10.5. The molecule has 0 aliphatic heterocycles. The Morgan fingerprint density at radius 2 is 2.06 bits per heavy atom. The van der Waals surface area contributed by atoms with Crippen molar-refractivity contribution in [3.63, 3.8) is 0 Å². The third-order valence-corrected chi connectivity index (χ3v) is 2.89. The molecule has 0 aromatic rings. The molecular formula is C13H28N2O2. The second-order valence-corrected chi connectivity index (χ2v) is 4.73. The molecule has 3 N–H and O–H groups in total. The maximum atomic E-state index is 11.7. The number of amides is 1. The summed E-state index contributed by atoms with van der Waals surface area (Å²) in [4.78, 5) is 11.7. The number of carbonyl (C=O) groups excluding carboxylic acids is 1. The van der Waals surface area contributed by atoms with E-state index in [4.69, 9.17) is 10.5 Å². The molecule has 0 fully saturated rings. The monoisotopic (exact) mass is 244 g/mol. The number of methoxy groups -OCH3 is 1. The van der Waals surface area contributed by atoms with Gasteiger partial charge in [0.2, 0.25) is 5.91 Å². The topological polar surface area (TPSA) is 64.3 Å². The van der Waals surface area contributed by atoms with Crippen molar-refractivity contribution in [3.8, 4) is 0 Å². The van der Waals surface area contributed by atoms with Crippen molar-refractivity contribution >= 4 is 5.91 Å². The van der Waals surface area contributed by atoms with Crippen LogP contribution in [0.5, 0.6) is 0 Å². The summed E-state index contributed by atoms with van der Waals surface area (Å²) in [5.41, 5.74) is 5.48. The van der Waals surface area contributed by atoms with Gasteiger partial charge in [0.05, 0.1) is 12.6 Å². The molecule has 102 valence electrons. The molecule has 0 radical (unpaired) electrons. The summed E-state index contributed by atoms with van der Waals surface area (Å²) in [6.45, 7) is 5.54. The van der Waals surface area contributed by atoms with Crippen molar-refractivity contribution in [2.45, 2.75) is 52.0 Å². The number of ether oxygens (including phenoxy) is 1.